The fourth-order valence-electron chi connectivity index (χ4n) is 5.02. The number of benzene rings is 2. The molecular formula is C29H36N6O2. The van der Waals surface area contributed by atoms with Gasteiger partial charge in [-0.25, -0.2) is 4.98 Å². The van der Waals surface area contributed by atoms with E-state index in [-0.39, 0.29) is 12.4 Å². The number of nitrogens with one attached hydrogen (secondary N) is 1. The molecule has 0 radical (unpaired) electrons. The molecule has 0 saturated carbocycles. The van der Waals surface area contributed by atoms with Crippen molar-refractivity contribution in [1.82, 2.24) is 19.4 Å². The molecule has 3 heterocycles. The van der Waals surface area contributed by atoms with Crippen LogP contribution in [0.4, 0.5) is 11.6 Å². The number of hydrogen-bond donors (Lipinski definition) is 3. The van der Waals surface area contributed by atoms with Gasteiger partial charge in [-0.05, 0) is 81.9 Å². The Labute approximate surface area is 218 Å². The Hall–Kier alpha value is -3.62. The number of hydrogen-bond acceptors (Lipinski definition) is 7. The second-order valence-electron chi connectivity index (χ2n) is 9.97. The lowest BCUT2D eigenvalue weighted by molar-refractivity contribution is 0.263. The lowest BCUT2D eigenvalue weighted by Gasteiger charge is -2.30. The predicted octanol–water partition coefficient (Wildman–Crippen LogP) is 4.00. The smallest absolute Gasteiger partial charge is 0.204 e. The highest BCUT2D eigenvalue weighted by Crippen LogP contribution is 2.27. The number of aliphatic hydroxyl groups excluding tert-OH is 1. The molecule has 194 valence electrons. The van der Waals surface area contributed by atoms with Gasteiger partial charge in [-0.3, -0.25) is 4.98 Å². The average Bonchev–Trinajstić information content (AvgIpc) is 3.24. The van der Waals surface area contributed by atoms with E-state index < -0.39 is 0 Å². The summed E-state index contributed by atoms with van der Waals surface area (Å²) in [5.41, 5.74) is 5.59. The number of aromatic hydroxyl groups is 1. The number of anilines is 2. The molecular weight excluding hydrogens is 464 g/mol. The number of pyridine rings is 1. The highest BCUT2D eigenvalue weighted by Gasteiger charge is 2.21. The fourth-order valence-corrected chi connectivity index (χ4v) is 5.02. The normalized spacial score (nSPS) is 14.8. The molecule has 5 rings (SSSR count). The molecule has 4 aromatic rings. The van der Waals surface area contributed by atoms with Crippen molar-refractivity contribution in [2.75, 3.05) is 43.5 Å². The monoisotopic (exact) mass is 500 g/mol. The summed E-state index contributed by atoms with van der Waals surface area (Å²) in [6.45, 7) is 5.76. The number of rotatable bonds is 9. The van der Waals surface area contributed by atoms with Crippen molar-refractivity contribution >= 4 is 22.7 Å². The SMILES string of the molecule is Cc1ccc(O)c(Cn2c(NC3CCN(C)CC3)nc3ccc(CN(CCO)c4ccccc4)cc32)n1. The molecule has 1 fully saturated rings. The lowest BCUT2D eigenvalue weighted by Crippen LogP contribution is -2.37. The largest absolute Gasteiger partial charge is 0.506 e. The van der Waals surface area contributed by atoms with E-state index in [2.05, 4.69) is 62.0 Å². The predicted molar refractivity (Wildman–Crippen MR) is 148 cm³/mol. The molecule has 0 atom stereocenters. The van der Waals surface area contributed by atoms with Crippen LogP contribution >= 0.6 is 0 Å². The Balaban J connectivity index is 1.50. The van der Waals surface area contributed by atoms with E-state index >= 15 is 0 Å². The van der Waals surface area contributed by atoms with Gasteiger partial charge in [0.1, 0.15) is 11.4 Å². The quantitative estimate of drug-likeness (QED) is 0.320. The summed E-state index contributed by atoms with van der Waals surface area (Å²) in [4.78, 5) is 14.1. The number of para-hydroxylation sites is 1. The van der Waals surface area contributed by atoms with Gasteiger partial charge in [0, 0.05) is 30.5 Å². The minimum atomic E-state index is 0.0814. The number of aliphatic hydroxyl groups is 1. The molecule has 37 heavy (non-hydrogen) atoms. The van der Waals surface area contributed by atoms with E-state index in [9.17, 15) is 10.2 Å². The second-order valence-corrected chi connectivity index (χ2v) is 9.97. The Kier molecular flexibility index (Phi) is 7.58. The Morgan fingerprint density at radius 3 is 2.57 bits per heavy atom. The number of piperidine rings is 1. The van der Waals surface area contributed by atoms with Gasteiger partial charge in [0.15, 0.2) is 0 Å². The van der Waals surface area contributed by atoms with E-state index in [0.717, 1.165) is 59.9 Å². The summed E-state index contributed by atoms with van der Waals surface area (Å²) in [5, 5.41) is 23.9. The van der Waals surface area contributed by atoms with Gasteiger partial charge in [0.2, 0.25) is 5.95 Å². The summed E-state index contributed by atoms with van der Waals surface area (Å²) < 4.78 is 2.14. The number of imidazole rings is 1. The molecule has 8 nitrogen and oxygen atoms in total. The minimum Gasteiger partial charge on any atom is -0.506 e. The van der Waals surface area contributed by atoms with E-state index in [1.54, 1.807) is 6.07 Å². The van der Waals surface area contributed by atoms with Gasteiger partial charge >= 0.3 is 0 Å². The van der Waals surface area contributed by atoms with E-state index in [0.29, 0.717) is 31.4 Å². The first kappa shape index (κ1) is 25.0. The zero-order chi connectivity index (χ0) is 25.8. The van der Waals surface area contributed by atoms with Crippen molar-refractivity contribution in [1.29, 1.82) is 0 Å². The Bertz CT molecular complexity index is 1330. The maximum absolute atomic E-state index is 10.6. The van der Waals surface area contributed by atoms with Gasteiger partial charge in [0.05, 0.1) is 24.2 Å². The van der Waals surface area contributed by atoms with Crippen molar-refractivity contribution in [2.24, 2.45) is 0 Å². The van der Waals surface area contributed by atoms with Crippen LogP contribution in [0.2, 0.25) is 0 Å². The number of likely N-dealkylation sites (tertiary alicyclic amines) is 1. The van der Waals surface area contributed by atoms with E-state index in [4.69, 9.17) is 4.98 Å². The van der Waals surface area contributed by atoms with Crippen LogP contribution in [0.15, 0.2) is 60.7 Å². The van der Waals surface area contributed by atoms with Crippen LogP contribution in [0.25, 0.3) is 11.0 Å². The molecule has 1 aliphatic heterocycles. The first-order chi connectivity index (χ1) is 18.0. The summed E-state index contributed by atoms with van der Waals surface area (Å²) in [7, 11) is 2.16. The summed E-state index contributed by atoms with van der Waals surface area (Å²) >= 11 is 0. The molecule has 0 bridgehead atoms. The van der Waals surface area contributed by atoms with Crippen LogP contribution in [-0.2, 0) is 13.1 Å². The van der Waals surface area contributed by atoms with Crippen LogP contribution in [0.3, 0.4) is 0 Å². The zero-order valence-electron chi connectivity index (χ0n) is 21.6. The first-order valence-electron chi connectivity index (χ1n) is 13.0. The maximum Gasteiger partial charge on any atom is 0.204 e. The molecule has 0 amide bonds. The highest BCUT2D eigenvalue weighted by molar-refractivity contribution is 5.80. The summed E-state index contributed by atoms with van der Waals surface area (Å²) in [5.74, 6) is 0.992. The third-order valence-electron chi connectivity index (χ3n) is 7.13. The second kappa shape index (κ2) is 11.2. The van der Waals surface area contributed by atoms with Crippen LogP contribution in [0, 0.1) is 6.92 Å². The van der Waals surface area contributed by atoms with Crippen molar-refractivity contribution in [3.63, 3.8) is 0 Å². The molecule has 0 aliphatic carbocycles. The van der Waals surface area contributed by atoms with E-state index in [1.807, 2.05) is 31.2 Å². The van der Waals surface area contributed by atoms with Gasteiger partial charge < -0.3 is 29.9 Å². The van der Waals surface area contributed by atoms with E-state index in [1.165, 1.54) is 0 Å². The summed E-state index contributed by atoms with van der Waals surface area (Å²) in [6, 6.07) is 20.4. The molecule has 8 heteroatoms. The van der Waals surface area contributed by atoms with Crippen LogP contribution < -0.4 is 10.2 Å². The molecule has 2 aromatic heterocycles. The van der Waals surface area contributed by atoms with Gasteiger partial charge in [-0.2, -0.15) is 0 Å². The van der Waals surface area contributed by atoms with Crippen molar-refractivity contribution < 1.29 is 10.2 Å². The standard InChI is InChI=1S/C29H36N6O2/c1-21-8-11-28(37)26(30-21)20-35-27-18-22(19-34(16-17-36)24-6-4-3-5-7-24)9-10-25(27)32-29(35)31-23-12-14-33(2)15-13-23/h3-11,18,23,36-37H,12-17,19-20H2,1-2H3,(H,31,32). The third-order valence-corrected chi connectivity index (χ3v) is 7.13. The molecule has 2 aromatic carbocycles. The number of aromatic nitrogens is 3. The molecule has 0 unspecified atom stereocenters. The molecule has 0 spiro atoms. The third kappa shape index (κ3) is 5.87. The lowest BCUT2D eigenvalue weighted by atomic mass is 10.1. The highest BCUT2D eigenvalue weighted by atomic mass is 16.3. The minimum absolute atomic E-state index is 0.0814. The number of aryl methyl sites for hydroxylation is 1. The summed E-state index contributed by atoms with van der Waals surface area (Å²) in [6.07, 6.45) is 2.12. The average molecular weight is 501 g/mol. The van der Waals surface area contributed by atoms with Crippen molar-refractivity contribution in [2.45, 2.75) is 38.9 Å². The van der Waals surface area contributed by atoms with Gasteiger partial charge in [-0.15, -0.1) is 0 Å². The van der Waals surface area contributed by atoms with Gasteiger partial charge in [-0.1, -0.05) is 24.3 Å². The molecule has 3 N–H and O–H groups in total. The van der Waals surface area contributed by atoms with Crippen molar-refractivity contribution in [3.05, 3.63) is 77.6 Å². The molecule has 1 aliphatic rings. The Morgan fingerprint density at radius 2 is 1.81 bits per heavy atom. The number of fused-ring (bicyclic) bond motifs is 1. The fraction of sp³-hybridized carbons (Fsp3) is 0.379. The van der Waals surface area contributed by atoms with Crippen molar-refractivity contribution in [3.8, 4) is 5.75 Å². The Morgan fingerprint density at radius 1 is 1.03 bits per heavy atom. The van der Waals surface area contributed by atoms with Crippen LogP contribution in [-0.4, -0.2) is 69.0 Å². The first-order valence-corrected chi connectivity index (χ1v) is 13.0. The van der Waals surface area contributed by atoms with Crippen LogP contribution in [0.1, 0.15) is 29.8 Å². The van der Waals surface area contributed by atoms with Crippen LogP contribution in [0.5, 0.6) is 5.75 Å². The zero-order valence-corrected chi connectivity index (χ0v) is 21.6. The number of nitrogens with zero attached hydrogens (tertiary/aromatic N) is 5. The maximum atomic E-state index is 10.6. The van der Waals surface area contributed by atoms with Gasteiger partial charge in [0.25, 0.3) is 0 Å². The molecule has 1 saturated heterocycles. The topological polar surface area (TPSA) is 89.7 Å².